The van der Waals surface area contributed by atoms with Crippen LogP contribution in [0.2, 0.25) is 0 Å². The molecule has 0 amide bonds. The zero-order valence-corrected chi connectivity index (χ0v) is 18.3. The van der Waals surface area contributed by atoms with E-state index in [2.05, 4.69) is 60.5 Å². The van der Waals surface area contributed by atoms with Crippen molar-refractivity contribution in [3.63, 3.8) is 0 Å². The second-order valence-electron chi connectivity index (χ2n) is 7.61. The number of piperidine rings is 1. The first-order valence-electron chi connectivity index (χ1n) is 11.1. The summed E-state index contributed by atoms with van der Waals surface area (Å²) in [5.74, 6) is 0.998. The Kier molecular flexibility index (Phi) is 9.19. The van der Waals surface area contributed by atoms with E-state index >= 15 is 0 Å². The minimum absolute atomic E-state index is 0.390. The van der Waals surface area contributed by atoms with E-state index in [-0.39, 0.29) is 0 Å². The molecule has 1 aliphatic rings. The number of nitrogens with zero attached hydrogens (tertiary/aromatic N) is 2. The smallest absolute Gasteiger partial charge is 0.194 e. The second-order valence-corrected chi connectivity index (χ2v) is 7.61. The normalized spacial score (nSPS) is 15.4. The molecule has 30 heavy (non-hydrogen) atoms. The van der Waals surface area contributed by atoms with Crippen molar-refractivity contribution in [2.45, 2.75) is 52.6 Å². The molecule has 0 saturated carbocycles. The van der Waals surface area contributed by atoms with Gasteiger partial charge in [0.2, 0.25) is 0 Å². The molecular weight excluding hydrogens is 374 g/mol. The first-order valence-corrected chi connectivity index (χ1v) is 11.1. The number of nitrogens with one attached hydrogen (secondary N) is 1. The van der Waals surface area contributed by atoms with Crippen molar-refractivity contribution >= 4 is 5.96 Å². The number of benzene rings is 2. The fourth-order valence-corrected chi connectivity index (χ4v) is 3.74. The van der Waals surface area contributed by atoms with Crippen molar-refractivity contribution < 1.29 is 9.47 Å². The third-order valence-corrected chi connectivity index (χ3v) is 5.26. The molecule has 0 aliphatic carbocycles. The molecule has 0 aromatic heterocycles. The van der Waals surface area contributed by atoms with Gasteiger partial charge >= 0.3 is 0 Å². The number of likely N-dealkylation sites (tertiary alicyclic amines) is 1. The van der Waals surface area contributed by atoms with Crippen LogP contribution < -0.4 is 5.32 Å². The summed E-state index contributed by atoms with van der Waals surface area (Å²) in [6.07, 6.45) is 2.51. The lowest BCUT2D eigenvalue weighted by Crippen LogP contribution is -2.47. The maximum atomic E-state index is 5.88. The molecule has 3 rings (SSSR count). The number of hydrogen-bond donors (Lipinski definition) is 1. The zero-order valence-electron chi connectivity index (χ0n) is 18.3. The fourth-order valence-electron chi connectivity index (χ4n) is 3.74. The Balaban J connectivity index is 1.53. The van der Waals surface area contributed by atoms with Crippen LogP contribution in [0.5, 0.6) is 0 Å². The third kappa shape index (κ3) is 7.15. The lowest BCUT2D eigenvalue weighted by molar-refractivity contribution is 0.0263. The Labute approximate surface area is 181 Å². The van der Waals surface area contributed by atoms with Gasteiger partial charge in [-0.1, -0.05) is 54.6 Å². The van der Waals surface area contributed by atoms with E-state index < -0.39 is 0 Å². The topological polar surface area (TPSA) is 46.1 Å². The molecule has 5 nitrogen and oxygen atoms in total. The maximum Gasteiger partial charge on any atom is 0.194 e. The first-order chi connectivity index (χ1) is 14.8. The van der Waals surface area contributed by atoms with Crippen LogP contribution in [-0.2, 0) is 29.2 Å². The number of ether oxygens (including phenoxy) is 2. The van der Waals surface area contributed by atoms with Gasteiger partial charge in [0, 0.05) is 26.2 Å². The summed E-state index contributed by atoms with van der Waals surface area (Å²) >= 11 is 0. The van der Waals surface area contributed by atoms with Gasteiger partial charge in [-0.15, -0.1) is 0 Å². The average molecular weight is 410 g/mol. The van der Waals surface area contributed by atoms with Crippen LogP contribution in [0.4, 0.5) is 0 Å². The number of hydrogen-bond acceptors (Lipinski definition) is 3. The highest BCUT2D eigenvalue weighted by Gasteiger charge is 2.21. The third-order valence-electron chi connectivity index (χ3n) is 5.26. The molecule has 1 N–H and O–H groups in total. The van der Waals surface area contributed by atoms with E-state index in [1.807, 2.05) is 18.2 Å². The van der Waals surface area contributed by atoms with E-state index in [4.69, 9.17) is 14.5 Å². The molecule has 1 saturated heterocycles. The molecule has 0 bridgehead atoms. The summed E-state index contributed by atoms with van der Waals surface area (Å²) < 4.78 is 11.7. The maximum absolute atomic E-state index is 5.88. The number of rotatable bonds is 9. The highest BCUT2D eigenvalue weighted by Crippen LogP contribution is 2.15. The van der Waals surface area contributed by atoms with Gasteiger partial charge in [-0.05, 0) is 43.4 Å². The molecule has 0 unspecified atom stereocenters. The lowest BCUT2D eigenvalue weighted by Gasteiger charge is -2.34. The molecule has 1 aliphatic heterocycles. The standard InChI is InChI=1S/C25H35N3O2/c1-3-26-25(28-15-13-24(14-16-28)30-4-2)27-18-22-11-8-12-23(17-22)20-29-19-21-9-6-5-7-10-21/h5-12,17,24H,3-4,13-16,18-20H2,1-2H3,(H,26,27). The summed E-state index contributed by atoms with van der Waals surface area (Å²) in [5, 5.41) is 3.45. The fraction of sp³-hybridized carbons (Fsp3) is 0.480. The van der Waals surface area contributed by atoms with Crippen LogP contribution in [-0.4, -0.2) is 43.2 Å². The summed E-state index contributed by atoms with van der Waals surface area (Å²) in [6.45, 7) is 9.74. The van der Waals surface area contributed by atoms with Crippen LogP contribution in [0.3, 0.4) is 0 Å². The largest absolute Gasteiger partial charge is 0.378 e. The molecular formula is C25H35N3O2. The number of aliphatic imine (C=N–C) groups is 1. The second kappa shape index (κ2) is 12.4. The Bertz CT molecular complexity index is 771. The lowest BCUT2D eigenvalue weighted by atomic mass is 10.1. The minimum Gasteiger partial charge on any atom is -0.378 e. The van der Waals surface area contributed by atoms with Gasteiger partial charge in [-0.2, -0.15) is 0 Å². The number of guanidine groups is 1. The summed E-state index contributed by atoms with van der Waals surface area (Å²) in [6, 6.07) is 18.8. The highest BCUT2D eigenvalue weighted by atomic mass is 16.5. The molecule has 2 aromatic carbocycles. The summed E-state index contributed by atoms with van der Waals surface area (Å²) in [7, 11) is 0. The monoisotopic (exact) mass is 409 g/mol. The molecule has 0 atom stereocenters. The quantitative estimate of drug-likeness (QED) is 0.493. The Morgan fingerprint density at radius 3 is 2.40 bits per heavy atom. The van der Waals surface area contributed by atoms with Crippen molar-refractivity contribution in [1.29, 1.82) is 0 Å². The van der Waals surface area contributed by atoms with Crippen molar-refractivity contribution in [2.24, 2.45) is 4.99 Å². The van der Waals surface area contributed by atoms with Crippen LogP contribution in [0.25, 0.3) is 0 Å². The summed E-state index contributed by atoms with van der Waals surface area (Å²) in [4.78, 5) is 7.25. The van der Waals surface area contributed by atoms with Gasteiger partial charge in [0.1, 0.15) is 0 Å². The van der Waals surface area contributed by atoms with Crippen molar-refractivity contribution in [3.05, 3.63) is 71.3 Å². The molecule has 0 spiro atoms. The van der Waals surface area contributed by atoms with Crippen molar-refractivity contribution in [1.82, 2.24) is 10.2 Å². The molecule has 0 radical (unpaired) electrons. The van der Waals surface area contributed by atoms with Crippen LogP contribution in [0, 0.1) is 0 Å². The highest BCUT2D eigenvalue weighted by molar-refractivity contribution is 5.80. The van der Waals surface area contributed by atoms with Crippen molar-refractivity contribution in [3.8, 4) is 0 Å². The van der Waals surface area contributed by atoms with Gasteiger partial charge in [0.05, 0.1) is 25.9 Å². The molecule has 1 heterocycles. The van der Waals surface area contributed by atoms with Gasteiger partial charge < -0.3 is 19.7 Å². The van der Waals surface area contributed by atoms with Gasteiger partial charge in [0.15, 0.2) is 5.96 Å². The Morgan fingerprint density at radius 2 is 1.67 bits per heavy atom. The molecule has 1 fully saturated rings. The molecule has 162 valence electrons. The van der Waals surface area contributed by atoms with E-state index in [0.717, 1.165) is 45.0 Å². The predicted molar refractivity (Wildman–Crippen MR) is 122 cm³/mol. The van der Waals surface area contributed by atoms with Gasteiger partial charge in [0.25, 0.3) is 0 Å². The van der Waals surface area contributed by atoms with Crippen molar-refractivity contribution in [2.75, 3.05) is 26.2 Å². The SMILES string of the molecule is CCNC(=NCc1cccc(COCc2ccccc2)c1)N1CCC(OCC)CC1. The van der Waals surface area contributed by atoms with Crippen LogP contribution in [0.15, 0.2) is 59.6 Å². The van der Waals surface area contributed by atoms with Crippen LogP contribution >= 0.6 is 0 Å². The average Bonchev–Trinajstić information content (AvgIpc) is 2.78. The van der Waals surface area contributed by atoms with E-state index in [1.54, 1.807) is 0 Å². The molecule has 2 aromatic rings. The predicted octanol–water partition coefficient (Wildman–Crippen LogP) is 4.37. The Hall–Kier alpha value is -2.37. The summed E-state index contributed by atoms with van der Waals surface area (Å²) in [5.41, 5.74) is 3.58. The minimum atomic E-state index is 0.390. The molecule has 5 heteroatoms. The van der Waals surface area contributed by atoms with Gasteiger partial charge in [-0.25, -0.2) is 4.99 Å². The Morgan fingerprint density at radius 1 is 0.967 bits per heavy atom. The van der Waals surface area contributed by atoms with E-state index in [9.17, 15) is 0 Å². The van der Waals surface area contributed by atoms with E-state index in [0.29, 0.717) is 25.9 Å². The van der Waals surface area contributed by atoms with E-state index in [1.165, 1.54) is 16.7 Å². The zero-order chi connectivity index (χ0) is 21.0. The van der Waals surface area contributed by atoms with Crippen LogP contribution in [0.1, 0.15) is 43.4 Å². The van der Waals surface area contributed by atoms with Gasteiger partial charge in [-0.3, -0.25) is 0 Å². The first kappa shape index (κ1) is 22.3.